The van der Waals surface area contributed by atoms with Crippen molar-refractivity contribution in [2.24, 2.45) is 11.7 Å². The molecular weight excluding hydrogens is 326 g/mol. The molecule has 0 heterocycles. The van der Waals surface area contributed by atoms with Crippen molar-refractivity contribution in [3.63, 3.8) is 0 Å². The van der Waals surface area contributed by atoms with Gasteiger partial charge in [0.2, 0.25) is 0 Å². The van der Waals surface area contributed by atoms with E-state index in [1.54, 1.807) is 0 Å². The van der Waals surface area contributed by atoms with Gasteiger partial charge in [-0.3, -0.25) is 14.9 Å². The smallest absolute Gasteiger partial charge is 0.270 e. The first-order valence-corrected chi connectivity index (χ1v) is 7.27. The summed E-state index contributed by atoms with van der Waals surface area (Å²) in [4.78, 5) is 22.4. The fourth-order valence-electron chi connectivity index (χ4n) is 2.56. The lowest BCUT2D eigenvalue weighted by Crippen LogP contribution is -2.40. The maximum Gasteiger partial charge on any atom is 0.270 e. The molecule has 7 heteroatoms. The average Bonchev–Trinajstić information content (AvgIpc) is 2.85. The van der Waals surface area contributed by atoms with Crippen molar-refractivity contribution in [1.82, 2.24) is 5.32 Å². The van der Waals surface area contributed by atoms with Gasteiger partial charge < -0.3 is 11.1 Å². The van der Waals surface area contributed by atoms with Gasteiger partial charge >= 0.3 is 0 Å². The van der Waals surface area contributed by atoms with E-state index in [1.807, 2.05) is 0 Å². The van der Waals surface area contributed by atoms with Crippen LogP contribution in [0.25, 0.3) is 0 Å². The highest BCUT2D eigenvalue weighted by atomic mass is 79.9. The highest BCUT2D eigenvalue weighted by Gasteiger charge is 2.28. The topological polar surface area (TPSA) is 98.3 Å². The van der Waals surface area contributed by atoms with Crippen LogP contribution < -0.4 is 11.1 Å². The molecule has 2 rings (SSSR count). The van der Waals surface area contributed by atoms with Gasteiger partial charge in [-0.1, -0.05) is 6.42 Å². The molecule has 1 fully saturated rings. The predicted molar refractivity (Wildman–Crippen MR) is 78.4 cm³/mol. The summed E-state index contributed by atoms with van der Waals surface area (Å²) < 4.78 is 0.423. The first-order valence-electron chi connectivity index (χ1n) is 6.47. The SMILES string of the molecule is NCC1CCCC1NC(=O)c1ccc([N+](=O)[O-])cc1Br. The van der Waals surface area contributed by atoms with Crippen molar-refractivity contribution in [3.05, 3.63) is 38.3 Å². The molecular formula is C13H16BrN3O3. The van der Waals surface area contributed by atoms with E-state index >= 15 is 0 Å². The largest absolute Gasteiger partial charge is 0.349 e. The number of carbonyl (C=O) groups excluding carboxylic acids is 1. The third-order valence-electron chi connectivity index (χ3n) is 3.69. The molecule has 20 heavy (non-hydrogen) atoms. The van der Waals surface area contributed by atoms with Crippen LogP contribution >= 0.6 is 15.9 Å². The molecule has 108 valence electrons. The summed E-state index contributed by atoms with van der Waals surface area (Å²) in [7, 11) is 0. The number of nitrogens with two attached hydrogens (primary N) is 1. The maximum atomic E-state index is 12.2. The number of non-ortho nitro benzene ring substituents is 1. The van der Waals surface area contributed by atoms with Crippen LogP contribution in [-0.2, 0) is 0 Å². The normalized spacial score (nSPS) is 21.7. The van der Waals surface area contributed by atoms with Crippen molar-refractivity contribution in [2.75, 3.05) is 6.54 Å². The lowest BCUT2D eigenvalue weighted by atomic mass is 10.0. The second kappa shape index (κ2) is 6.32. The molecule has 0 aliphatic heterocycles. The molecule has 0 radical (unpaired) electrons. The summed E-state index contributed by atoms with van der Waals surface area (Å²) in [6.07, 6.45) is 3.02. The van der Waals surface area contributed by atoms with Gasteiger partial charge in [-0.2, -0.15) is 0 Å². The minimum atomic E-state index is -0.492. The van der Waals surface area contributed by atoms with E-state index in [4.69, 9.17) is 5.73 Å². The van der Waals surface area contributed by atoms with Crippen molar-refractivity contribution < 1.29 is 9.72 Å². The highest BCUT2D eigenvalue weighted by molar-refractivity contribution is 9.10. The number of benzene rings is 1. The summed E-state index contributed by atoms with van der Waals surface area (Å²) in [6.45, 7) is 0.562. The van der Waals surface area contributed by atoms with Gasteiger partial charge in [-0.05, 0) is 47.3 Å². The number of nitro benzene ring substituents is 1. The van der Waals surface area contributed by atoms with Gasteiger partial charge in [0.1, 0.15) is 0 Å². The van der Waals surface area contributed by atoms with E-state index in [-0.39, 0.29) is 17.6 Å². The summed E-state index contributed by atoms with van der Waals surface area (Å²) in [5, 5.41) is 13.6. The van der Waals surface area contributed by atoms with Crippen LogP contribution in [0.5, 0.6) is 0 Å². The lowest BCUT2D eigenvalue weighted by molar-refractivity contribution is -0.384. The second-order valence-electron chi connectivity index (χ2n) is 4.93. The molecule has 6 nitrogen and oxygen atoms in total. The van der Waals surface area contributed by atoms with Crippen LogP contribution in [0, 0.1) is 16.0 Å². The molecule has 1 aromatic rings. The van der Waals surface area contributed by atoms with Crippen LogP contribution in [0.1, 0.15) is 29.6 Å². The number of halogens is 1. The molecule has 0 aromatic heterocycles. The van der Waals surface area contributed by atoms with Crippen LogP contribution in [0.2, 0.25) is 0 Å². The Kier molecular flexibility index (Phi) is 4.72. The Morgan fingerprint density at radius 3 is 2.85 bits per heavy atom. The van der Waals surface area contributed by atoms with E-state index < -0.39 is 4.92 Å². The minimum Gasteiger partial charge on any atom is -0.349 e. The van der Waals surface area contributed by atoms with E-state index in [9.17, 15) is 14.9 Å². The van der Waals surface area contributed by atoms with E-state index in [0.717, 1.165) is 19.3 Å². The molecule has 2 atom stereocenters. The molecule has 1 aliphatic rings. The molecule has 2 unspecified atom stereocenters. The van der Waals surface area contributed by atoms with E-state index in [0.29, 0.717) is 22.5 Å². The number of hydrogen-bond acceptors (Lipinski definition) is 4. The van der Waals surface area contributed by atoms with Gasteiger partial charge in [0, 0.05) is 22.6 Å². The predicted octanol–water partition coefficient (Wildman–Crippen LogP) is 2.21. The molecule has 0 saturated heterocycles. The first kappa shape index (κ1) is 14.9. The monoisotopic (exact) mass is 341 g/mol. The zero-order valence-electron chi connectivity index (χ0n) is 10.8. The maximum absolute atomic E-state index is 12.2. The van der Waals surface area contributed by atoms with Crippen molar-refractivity contribution in [1.29, 1.82) is 0 Å². The van der Waals surface area contributed by atoms with Gasteiger partial charge in [0.25, 0.3) is 11.6 Å². The fourth-order valence-corrected chi connectivity index (χ4v) is 3.10. The molecule has 1 saturated carbocycles. The Balaban J connectivity index is 2.11. The molecule has 0 bridgehead atoms. The third kappa shape index (κ3) is 3.16. The summed E-state index contributed by atoms with van der Waals surface area (Å²) in [6, 6.07) is 4.22. The summed E-state index contributed by atoms with van der Waals surface area (Å²) in [5.41, 5.74) is 6.04. The second-order valence-corrected chi connectivity index (χ2v) is 5.78. The summed E-state index contributed by atoms with van der Waals surface area (Å²) in [5.74, 6) is 0.0906. The molecule has 1 aromatic carbocycles. The Hall–Kier alpha value is -1.47. The Morgan fingerprint density at radius 1 is 1.50 bits per heavy atom. The minimum absolute atomic E-state index is 0.0471. The number of nitro groups is 1. The Morgan fingerprint density at radius 2 is 2.25 bits per heavy atom. The van der Waals surface area contributed by atoms with E-state index in [2.05, 4.69) is 21.2 Å². The molecule has 3 N–H and O–H groups in total. The number of nitrogens with one attached hydrogen (secondary N) is 1. The zero-order chi connectivity index (χ0) is 14.7. The quantitative estimate of drug-likeness (QED) is 0.647. The number of amides is 1. The van der Waals surface area contributed by atoms with Gasteiger partial charge in [-0.15, -0.1) is 0 Å². The van der Waals surface area contributed by atoms with Crippen LogP contribution in [0.4, 0.5) is 5.69 Å². The first-order chi connectivity index (χ1) is 9.52. The Labute approximate surface area is 125 Å². The van der Waals surface area contributed by atoms with E-state index in [1.165, 1.54) is 18.2 Å². The van der Waals surface area contributed by atoms with Crippen LogP contribution in [-0.4, -0.2) is 23.4 Å². The Bertz CT molecular complexity index is 536. The fraction of sp³-hybridized carbons (Fsp3) is 0.462. The van der Waals surface area contributed by atoms with Crippen molar-refractivity contribution >= 4 is 27.5 Å². The summed E-state index contributed by atoms with van der Waals surface area (Å²) >= 11 is 3.21. The third-order valence-corrected chi connectivity index (χ3v) is 4.34. The van der Waals surface area contributed by atoms with Gasteiger partial charge in [0.05, 0.1) is 10.5 Å². The highest BCUT2D eigenvalue weighted by Crippen LogP contribution is 2.27. The lowest BCUT2D eigenvalue weighted by Gasteiger charge is -2.19. The van der Waals surface area contributed by atoms with Crippen molar-refractivity contribution in [2.45, 2.75) is 25.3 Å². The molecule has 1 amide bonds. The average molecular weight is 342 g/mol. The van der Waals surface area contributed by atoms with Gasteiger partial charge in [0.15, 0.2) is 0 Å². The van der Waals surface area contributed by atoms with Crippen LogP contribution in [0.3, 0.4) is 0 Å². The number of hydrogen-bond donors (Lipinski definition) is 2. The molecule has 1 aliphatic carbocycles. The zero-order valence-corrected chi connectivity index (χ0v) is 12.4. The molecule has 0 spiro atoms. The van der Waals surface area contributed by atoms with Gasteiger partial charge in [-0.25, -0.2) is 0 Å². The number of carbonyl (C=O) groups is 1. The van der Waals surface area contributed by atoms with Crippen molar-refractivity contribution in [3.8, 4) is 0 Å². The number of rotatable bonds is 4. The standard InChI is InChI=1S/C13H16BrN3O3/c14-11-6-9(17(19)20)4-5-10(11)13(18)16-12-3-1-2-8(12)7-15/h4-6,8,12H,1-3,7,15H2,(H,16,18). The number of nitrogens with zero attached hydrogens (tertiary/aromatic N) is 1. The van der Waals surface area contributed by atoms with Crippen LogP contribution in [0.15, 0.2) is 22.7 Å².